The van der Waals surface area contributed by atoms with E-state index in [1.165, 1.54) is 44.1 Å². The lowest BCUT2D eigenvalue weighted by molar-refractivity contribution is -0.384. The minimum atomic E-state index is -0.327. The van der Waals surface area contributed by atoms with E-state index in [4.69, 9.17) is 5.73 Å². The van der Waals surface area contributed by atoms with Crippen LogP contribution in [-0.4, -0.2) is 4.92 Å². The molecule has 0 radical (unpaired) electrons. The van der Waals surface area contributed by atoms with Crippen LogP contribution in [0.1, 0.15) is 49.7 Å². The Kier molecular flexibility index (Phi) is 2.63. The van der Waals surface area contributed by atoms with Crippen molar-refractivity contribution in [2.75, 3.05) is 5.73 Å². The van der Waals surface area contributed by atoms with Gasteiger partial charge in [0, 0.05) is 6.07 Å². The highest BCUT2D eigenvalue weighted by Gasteiger charge is 2.51. The van der Waals surface area contributed by atoms with Crippen molar-refractivity contribution >= 4 is 11.4 Å². The van der Waals surface area contributed by atoms with E-state index in [1.54, 1.807) is 6.07 Å². The lowest BCUT2D eigenvalue weighted by atomic mass is 9.48. The highest BCUT2D eigenvalue weighted by Crippen LogP contribution is 2.61. The van der Waals surface area contributed by atoms with E-state index in [0.717, 1.165) is 23.3 Å². The van der Waals surface area contributed by atoms with Gasteiger partial charge in [0.1, 0.15) is 5.69 Å². The van der Waals surface area contributed by atoms with Gasteiger partial charge in [-0.2, -0.15) is 0 Å². The Bertz CT molecular complexity index is 588. The summed E-state index contributed by atoms with van der Waals surface area (Å²) < 4.78 is 0. The van der Waals surface area contributed by atoms with E-state index in [0.29, 0.717) is 5.69 Å². The lowest BCUT2D eigenvalue weighted by Gasteiger charge is -2.57. The minimum Gasteiger partial charge on any atom is -0.393 e. The average Bonchev–Trinajstić information content (AvgIpc) is 2.39. The fraction of sp³-hybridized carbons (Fsp3) is 0.647. The van der Waals surface area contributed by atoms with E-state index < -0.39 is 0 Å². The van der Waals surface area contributed by atoms with Crippen molar-refractivity contribution in [1.82, 2.24) is 0 Å². The summed E-state index contributed by atoms with van der Waals surface area (Å²) in [5.41, 5.74) is 8.56. The standard InChI is InChI=1S/C17H22N2O2/c1-10-2-14(6-15(16(10)18)19(20)21)17-7-11-3-12(8-17)5-13(4-11)9-17/h2,6,11-13H,3-5,7-9,18H2,1H3. The number of nitrogens with two attached hydrogens (primary N) is 1. The molecule has 4 fully saturated rings. The molecular formula is C17H22N2O2. The number of nitrogen functional groups attached to an aromatic ring is 1. The van der Waals surface area contributed by atoms with E-state index in [1.807, 2.05) is 6.92 Å². The summed E-state index contributed by atoms with van der Waals surface area (Å²) in [6.07, 6.45) is 7.82. The molecule has 4 nitrogen and oxygen atoms in total. The first-order chi connectivity index (χ1) is 9.97. The van der Waals surface area contributed by atoms with Gasteiger partial charge in [-0.05, 0) is 79.7 Å². The molecule has 0 saturated heterocycles. The Morgan fingerprint density at radius 3 is 2.14 bits per heavy atom. The zero-order valence-corrected chi connectivity index (χ0v) is 12.5. The van der Waals surface area contributed by atoms with Crippen LogP contribution in [0, 0.1) is 34.8 Å². The van der Waals surface area contributed by atoms with Crippen molar-refractivity contribution in [3.05, 3.63) is 33.4 Å². The smallest absolute Gasteiger partial charge is 0.292 e. The molecule has 0 spiro atoms. The van der Waals surface area contributed by atoms with Crippen molar-refractivity contribution in [2.45, 2.75) is 50.9 Å². The highest BCUT2D eigenvalue weighted by atomic mass is 16.6. The van der Waals surface area contributed by atoms with Crippen LogP contribution in [0.25, 0.3) is 0 Å². The maximum Gasteiger partial charge on any atom is 0.292 e. The third kappa shape index (κ3) is 1.88. The summed E-state index contributed by atoms with van der Waals surface area (Å²) in [7, 11) is 0. The molecule has 0 aromatic heterocycles. The average molecular weight is 286 g/mol. The van der Waals surface area contributed by atoms with Crippen molar-refractivity contribution in [3.8, 4) is 0 Å². The van der Waals surface area contributed by atoms with Gasteiger partial charge in [-0.15, -0.1) is 0 Å². The second kappa shape index (κ2) is 4.21. The van der Waals surface area contributed by atoms with Crippen LogP contribution in [0.15, 0.2) is 12.1 Å². The number of hydrogen-bond acceptors (Lipinski definition) is 3. The topological polar surface area (TPSA) is 69.2 Å². The molecule has 0 heterocycles. The van der Waals surface area contributed by atoms with Gasteiger partial charge in [0.2, 0.25) is 0 Å². The van der Waals surface area contributed by atoms with Crippen LogP contribution in [0.5, 0.6) is 0 Å². The van der Waals surface area contributed by atoms with Crippen LogP contribution in [-0.2, 0) is 5.41 Å². The van der Waals surface area contributed by atoms with Crippen LogP contribution in [0.2, 0.25) is 0 Å². The fourth-order valence-corrected chi connectivity index (χ4v) is 5.70. The maximum absolute atomic E-state index is 11.3. The second-order valence-electron chi connectivity index (χ2n) is 7.68. The zero-order chi connectivity index (χ0) is 14.8. The normalized spacial score (nSPS) is 36.9. The van der Waals surface area contributed by atoms with Crippen LogP contribution >= 0.6 is 0 Å². The van der Waals surface area contributed by atoms with E-state index in [2.05, 4.69) is 6.07 Å². The van der Waals surface area contributed by atoms with E-state index in [-0.39, 0.29) is 16.0 Å². The highest BCUT2D eigenvalue weighted by molar-refractivity contribution is 5.65. The molecule has 4 saturated carbocycles. The molecular weight excluding hydrogens is 264 g/mol. The Balaban J connectivity index is 1.81. The predicted molar refractivity (Wildman–Crippen MR) is 82.1 cm³/mol. The molecule has 0 unspecified atom stereocenters. The van der Waals surface area contributed by atoms with Crippen molar-refractivity contribution < 1.29 is 4.92 Å². The summed E-state index contributed by atoms with van der Waals surface area (Å²) in [6.45, 7) is 1.90. The first kappa shape index (κ1) is 13.1. The monoisotopic (exact) mass is 286 g/mol. The number of nitro benzene ring substituents is 1. The molecule has 4 aliphatic carbocycles. The van der Waals surface area contributed by atoms with Crippen LogP contribution in [0.3, 0.4) is 0 Å². The third-order valence-electron chi connectivity index (χ3n) is 6.21. The summed E-state index contributed by atoms with van der Waals surface area (Å²) in [4.78, 5) is 11.0. The Morgan fingerprint density at radius 1 is 1.14 bits per heavy atom. The molecule has 0 amide bonds. The first-order valence-corrected chi connectivity index (χ1v) is 8.02. The third-order valence-corrected chi connectivity index (χ3v) is 6.21. The van der Waals surface area contributed by atoms with Crippen molar-refractivity contribution in [1.29, 1.82) is 0 Å². The largest absolute Gasteiger partial charge is 0.393 e. The Morgan fingerprint density at radius 2 is 1.67 bits per heavy atom. The number of nitro groups is 1. The number of anilines is 1. The van der Waals surface area contributed by atoms with E-state index >= 15 is 0 Å². The zero-order valence-electron chi connectivity index (χ0n) is 12.5. The van der Waals surface area contributed by atoms with Gasteiger partial charge in [0.05, 0.1) is 4.92 Å². The van der Waals surface area contributed by atoms with Gasteiger partial charge >= 0.3 is 0 Å². The molecule has 112 valence electrons. The number of hydrogen-bond donors (Lipinski definition) is 1. The molecule has 0 atom stereocenters. The molecule has 2 N–H and O–H groups in total. The fourth-order valence-electron chi connectivity index (χ4n) is 5.70. The number of rotatable bonds is 2. The molecule has 4 bridgehead atoms. The van der Waals surface area contributed by atoms with Crippen molar-refractivity contribution in [3.63, 3.8) is 0 Å². The number of aryl methyl sites for hydroxylation is 1. The summed E-state index contributed by atoms with van der Waals surface area (Å²) >= 11 is 0. The summed E-state index contributed by atoms with van der Waals surface area (Å²) in [5, 5.41) is 11.3. The molecule has 4 aliphatic rings. The van der Waals surface area contributed by atoms with Gasteiger partial charge in [-0.25, -0.2) is 0 Å². The minimum absolute atomic E-state index is 0.0979. The lowest BCUT2D eigenvalue weighted by Crippen LogP contribution is -2.48. The second-order valence-corrected chi connectivity index (χ2v) is 7.68. The number of nitrogens with zero attached hydrogens (tertiary/aromatic N) is 1. The van der Waals surface area contributed by atoms with E-state index in [9.17, 15) is 10.1 Å². The Hall–Kier alpha value is -1.58. The maximum atomic E-state index is 11.3. The Labute approximate surface area is 124 Å². The first-order valence-electron chi connectivity index (χ1n) is 8.02. The van der Waals surface area contributed by atoms with Gasteiger partial charge in [0.25, 0.3) is 5.69 Å². The quantitative estimate of drug-likeness (QED) is 0.508. The molecule has 21 heavy (non-hydrogen) atoms. The van der Waals surface area contributed by atoms with Gasteiger partial charge < -0.3 is 5.73 Å². The molecule has 4 heteroatoms. The SMILES string of the molecule is Cc1cc(C23CC4CC(CC(C4)C2)C3)cc([N+](=O)[O-])c1N. The number of benzene rings is 1. The van der Waals surface area contributed by atoms with Crippen LogP contribution < -0.4 is 5.73 Å². The van der Waals surface area contributed by atoms with Gasteiger partial charge in [-0.3, -0.25) is 10.1 Å². The molecule has 0 aliphatic heterocycles. The van der Waals surface area contributed by atoms with Gasteiger partial charge in [-0.1, -0.05) is 6.07 Å². The van der Waals surface area contributed by atoms with Gasteiger partial charge in [0.15, 0.2) is 0 Å². The molecule has 1 aromatic carbocycles. The molecule has 1 aromatic rings. The summed E-state index contributed by atoms with van der Waals surface area (Å²) in [6, 6.07) is 3.89. The predicted octanol–water partition coefficient (Wildman–Crippen LogP) is 3.95. The molecule has 5 rings (SSSR count). The van der Waals surface area contributed by atoms with Crippen LogP contribution in [0.4, 0.5) is 11.4 Å². The summed E-state index contributed by atoms with van der Waals surface area (Å²) in [5.74, 6) is 2.52. The van der Waals surface area contributed by atoms with Crippen molar-refractivity contribution in [2.24, 2.45) is 17.8 Å².